The van der Waals surface area contributed by atoms with Gasteiger partial charge in [0, 0.05) is 0 Å². The van der Waals surface area contributed by atoms with Gasteiger partial charge in [0.2, 0.25) is 0 Å². The molecule has 1 heterocycles. The third-order valence-electron chi connectivity index (χ3n) is 3.94. The molecule has 0 aliphatic carbocycles. The highest BCUT2D eigenvalue weighted by Crippen LogP contribution is 2.21. The van der Waals surface area contributed by atoms with Crippen molar-refractivity contribution >= 4 is 0 Å². The van der Waals surface area contributed by atoms with E-state index < -0.39 is 0 Å². The monoisotopic (exact) mass is 318 g/mol. The molecule has 1 unspecified atom stereocenters. The molecule has 120 valence electrons. The van der Waals surface area contributed by atoms with E-state index in [0.717, 1.165) is 11.3 Å². The van der Waals surface area contributed by atoms with Gasteiger partial charge in [-0.2, -0.15) is 5.26 Å². The predicted octanol–water partition coefficient (Wildman–Crippen LogP) is 3.65. The Bertz CT molecular complexity index is 847. The molecule has 0 radical (unpaired) electrons. The van der Waals surface area contributed by atoms with Gasteiger partial charge in [0.25, 0.3) is 0 Å². The summed E-state index contributed by atoms with van der Waals surface area (Å²) < 4.78 is 7.57. The van der Waals surface area contributed by atoms with Crippen LogP contribution in [-0.4, -0.2) is 15.0 Å². The molecule has 5 heteroatoms. The molecule has 0 aliphatic heterocycles. The van der Waals surface area contributed by atoms with Crippen molar-refractivity contribution in [1.29, 1.82) is 5.26 Å². The van der Waals surface area contributed by atoms with E-state index in [1.54, 1.807) is 4.68 Å². The molecule has 0 N–H and O–H groups in total. The maximum atomic E-state index is 9.30. The third-order valence-corrected chi connectivity index (χ3v) is 3.94. The SMILES string of the molecule is Cc1ccc(OCc2c(C#N)nnn2C(C)c2ccccc2)cc1. The lowest BCUT2D eigenvalue weighted by Crippen LogP contribution is -2.14. The van der Waals surface area contributed by atoms with Crippen LogP contribution >= 0.6 is 0 Å². The van der Waals surface area contributed by atoms with Crippen LogP contribution in [0.15, 0.2) is 54.6 Å². The van der Waals surface area contributed by atoms with Crippen LogP contribution in [0.3, 0.4) is 0 Å². The molecule has 5 nitrogen and oxygen atoms in total. The first-order valence-electron chi connectivity index (χ1n) is 7.77. The summed E-state index contributed by atoms with van der Waals surface area (Å²) in [6, 6.07) is 19.9. The van der Waals surface area contributed by atoms with Crippen LogP contribution in [0.25, 0.3) is 0 Å². The predicted molar refractivity (Wildman–Crippen MR) is 90.5 cm³/mol. The fraction of sp³-hybridized carbons (Fsp3) is 0.211. The summed E-state index contributed by atoms with van der Waals surface area (Å²) in [4.78, 5) is 0. The average Bonchev–Trinajstić information content (AvgIpc) is 3.04. The van der Waals surface area contributed by atoms with Gasteiger partial charge in [0.05, 0.1) is 6.04 Å². The quantitative estimate of drug-likeness (QED) is 0.720. The molecule has 1 atom stereocenters. The Hall–Kier alpha value is -3.13. The second kappa shape index (κ2) is 6.97. The van der Waals surface area contributed by atoms with Crippen LogP contribution in [0.4, 0.5) is 0 Å². The standard InChI is InChI=1S/C19H18N4O/c1-14-8-10-17(11-9-14)24-13-19-18(12-20)21-22-23(19)15(2)16-6-4-3-5-7-16/h3-11,15H,13H2,1-2H3. The molecule has 3 aromatic rings. The van der Waals surface area contributed by atoms with Crippen molar-refractivity contribution in [3.8, 4) is 11.8 Å². The molecule has 0 saturated carbocycles. The minimum atomic E-state index is -0.0302. The van der Waals surface area contributed by atoms with E-state index in [-0.39, 0.29) is 12.6 Å². The summed E-state index contributed by atoms with van der Waals surface area (Å²) in [5, 5.41) is 17.4. The molecule has 0 saturated heterocycles. The Kier molecular flexibility index (Phi) is 4.57. The number of rotatable bonds is 5. The summed E-state index contributed by atoms with van der Waals surface area (Å²) in [5.41, 5.74) is 3.24. The van der Waals surface area contributed by atoms with Crippen molar-refractivity contribution in [1.82, 2.24) is 15.0 Å². The maximum absolute atomic E-state index is 9.30. The van der Waals surface area contributed by atoms with Crippen molar-refractivity contribution in [2.24, 2.45) is 0 Å². The summed E-state index contributed by atoms with van der Waals surface area (Å²) in [7, 11) is 0. The molecule has 24 heavy (non-hydrogen) atoms. The highest BCUT2D eigenvalue weighted by Gasteiger charge is 2.19. The van der Waals surface area contributed by atoms with Crippen molar-refractivity contribution in [3.63, 3.8) is 0 Å². The largest absolute Gasteiger partial charge is 0.487 e. The summed E-state index contributed by atoms with van der Waals surface area (Å²) >= 11 is 0. The number of aryl methyl sites for hydroxylation is 1. The van der Waals surface area contributed by atoms with E-state index in [2.05, 4.69) is 16.4 Å². The minimum absolute atomic E-state index is 0.0302. The molecule has 2 aromatic carbocycles. The summed E-state index contributed by atoms with van der Waals surface area (Å²) in [6.45, 7) is 4.30. The van der Waals surface area contributed by atoms with E-state index in [4.69, 9.17) is 4.74 Å². The zero-order valence-electron chi connectivity index (χ0n) is 13.7. The number of nitrogens with zero attached hydrogens (tertiary/aromatic N) is 4. The first-order valence-corrected chi connectivity index (χ1v) is 7.77. The van der Waals surface area contributed by atoms with Crippen LogP contribution in [0.2, 0.25) is 0 Å². The number of aromatic nitrogens is 3. The molecule has 0 amide bonds. The lowest BCUT2D eigenvalue weighted by atomic mass is 10.1. The van der Waals surface area contributed by atoms with E-state index in [9.17, 15) is 5.26 Å². The van der Waals surface area contributed by atoms with E-state index in [0.29, 0.717) is 11.4 Å². The zero-order valence-corrected chi connectivity index (χ0v) is 13.7. The second-order valence-corrected chi connectivity index (χ2v) is 5.63. The van der Waals surface area contributed by atoms with E-state index in [1.807, 2.05) is 68.4 Å². The molecule has 0 spiro atoms. The van der Waals surface area contributed by atoms with Crippen molar-refractivity contribution < 1.29 is 4.74 Å². The summed E-state index contributed by atoms with van der Waals surface area (Å²) in [6.07, 6.45) is 0. The summed E-state index contributed by atoms with van der Waals surface area (Å²) in [5.74, 6) is 0.754. The molecule has 0 bridgehead atoms. The number of hydrogen-bond donors (Lipinski definition) is 0. The Labute approximate surface area is 141 Å². The lowest BCUT2D eigenvalue weighted by molar-refractivity contribution is 0.289. The molecule has 0 fully saturated rings. The third kappa shape index (κ3) is 3.28. The topological polar surface area (TPSA) is 63.7 Å². The second-order valence-electron chi connectivity index (χ2n) is 5.63. The highest BCUT2D eigenvalue weighted by atomic mass is 16.5. The molecular weight excluding hydrogens is 300 g/mol. The smallest absolute Gasteiger partial charge is 0.189 e. The Morgan fingerprint density at radius 3 is 2.50 bits per heavy atom. The van der Waals surface area contributed by atoms with Crippen LogP contribution in [0.5, 0.6) is 5.75 Å². The van der Waals surface area contributed by atoms with Gasteiger partial charge in [-0.3, -0.25) is 0 Å². The number of nitriles is 1. The van der Waals surface area contributed by atoms with Gasteiger partial charge < -0.3 is 4.74 Å². The van der Waals surface area contributed by atoms with Crippen LogP contribution in [0.1, 0.15) is 35.5 Å². The van der Waals surface area contributed by atoms with Gasteiger partial charge in [-0.1, -0.05) is 53.2 Å². The molecule has 1 aromatic heterocycles. The Morgan fingerprint density at radius 1 is 1.12 bits per heavy atom. The van der Waals surface area contributed by atoms with Crippen molar-refractivity contribution in [2.45, 2.75) is 26.5 Å². The van der Waals surface area contributed by atoms with Crippen LogP contribution in [0, 0.1) is 18.3 Å². The Morgan fingerprint density at radius 2 is 1.83 bits per heavy atom. The first-order chi connectivity index (χ1) is 11.7. The zero-order chi connectivity index (χ0) is 16.9. The lowest BCUT2D eigenvalue weighted by Gasteiger charge is -2.15. The number of hydrogen-bond acceptors (Lipinski definition) is 4. The number of benzene rings is 2. The van der Waals surface area contributed by atoms with E-state index >= 15 is 0 Å². The molecule has 3 rings (SSSR count). The fourth-order valence-electron chi connectivity index (χ4n) is 2.50. The van der Waals surface area contributed by atoms with Crippen molar-refractivity contribution in [3.05, 3.63) is 77.1 Å². The van der Waals surface area contributed by atoms with Gasteiger partial charge in [-0.25, -0.2) is 4.68 Å². The van der Waals surface area contributed by atoms with Gasteiger partial charge in [0.1, 0.15) is 24.1 Å². The van der Waals surface area contributed by atoms with Crippen LogP contribution < -0.4 is 4.74 Å². The van der Waals surface area contributed by atoms with Gasteiger partial charge in [0.15, 0.2) is 5.69 Å². The first kappa shape index (κ1) is 15.8. The molecule has 0 aliphatic rings. The normalized spacial score (nSPS) is 11.7. The van der Waals surface area contributed by atoms with Gasteiger partial charge in [-0.05, 0) is 31.5 Å². The number of ether oxygens (including phenoxy) is 1. The maximum Gasteiger partial charge on any atom is 0.189 e. The minimum Gasteiger partial charge on any atom is -0.487 e. The highest BCUT2D eigenvalue weighted by molar-refractivity contribution is 5.29. The Balaban J connectivity index is 1.85. The fourth-order valence-corrected chi connectivity index (χ4v) is 2.50. The average molecular weight is 318 g/mol. The molecular formula is C19H18N4O. The van der Waals surface area contributed by atoms with Gasteiger partial charge in [-0.15, -0.1) is 5.10 Å². The van der Waals surface area contributed by atoms with E-state index in [1.165, 1.54) is 5.56 Å². The van der Waals surface area contributed by atoms with Gasteiger partial charge >= 0.3 is 0 Å². The van der Waals surface area contributed by atoms with Crippen molar-refractivity contribution in [2.75, 3.05) is 0 Å². The van der Waals surface area contributed by atoms with Crippen LogP contribution in [-0.2, 0) is 6.61 Å².